The average Bonchev–Trinajstić information content (AvgIpc) is 2.56. The van der Waals surface area contributed by atoms with E-state index in [0.29, 0.717) is 17.1 Å². The predicted octanol–water partition coefficient (Wildman–Crippen LogP) is 4.68. The fraction of sp³-hybridized carbons (Fsp3) is 0.333. The Bertz CT molecular complexity index is 649. The SMILES string of the molecule is CCCNCc1cc(OC)c(OCc2ccccc2F)cc1Br. The van der Waals surface area contributed by atoms with Crippen LogP contribution in [-0.4, -0.2) is 13.7 Å². The van der Waals surface area contributed by atoms with Crippen LogP contribution in [0.1, 0.15) is 24.5 Å². The van der Waals surface area contributed by atoms with Crippen molar-refractivity contribution in [3.63, 3.8) is 0 Å². The fourth-order valence-corrected chi connectivity index (χ4v) is 2.62. The van der Waals surface area contributed by atoms with Crippen LogP contribution >= 0.6 is 15.9 Å². The van der Waals surface area contributed by atoms with Crippen LogP contribution in [0.5, 0.6) is 11.5 Å². The van der Waals surface area contributed by atoms with Crippen LogP contribution in [-0.2, 0) is 13.2 Å². The third-order valence-corrected chi connectivity index (χ3v) is 4.15. The summed E-state index contributed by atoms with van der Waals surface area (Å²) in [4.78, 5) is 0. The molecule has 3 nitrogen and oxygen atoms in total. The number of methoxy groups -OCH3 is 1. The zero-order valence-electron chi connectivity index (χ0n) is 13.4. The smallest absolute Gasteiger partial charge is 0.162 e. The molecule has 0 aliphatic heterocycles. The van der Waals surface area contributed by atoms with Crippen LogP contribution in [0.25, 0.3) is 0 Å². The Hall–Kier alpha value is -1.59. The highest BCUT2D eigenvalue weighted by Crippen LogP contribution is 2.34. The first-order chi connectivity index (χ1) is 11.2. The monoisotopic (exact) mass is 381 g/mol. The first-order valence-corrected chi connectivity index (χ1v) is 8.38. The van der Waals surface area contributed by atoms with Gasteiger partial charge in [-0.15, -0.1) is 0 Å². The predicted molar refractivity (Wildman–Crippen MR) is 93.4 cm³/mol. The Labute approximate surface area is 144 Å². The summed E-state index contributed by atoms with van der Waals surface area (Å²) in [7, 11) is 1.60. The van der Waals surface area contributed by atoms with Crippen molar-refractivity contribution in [3.8, 4) is 11.5 Å². The molecule has 0 unspecified atom stereocenters. The number of nitrogens with one attached hydrogen (secondary N) is 1. The van der Waals surface area contributed by atoms with Crippen molar-refractivity contribution in [1.82, 2.24) is 5.32 Å². The van der Waals surface area contributed by atoms with Gasteiger partial charge in [-0.05, 0) is 36.7 Å². The van der Waals surface area contributed by atoms with E-state index in [1.807, 2.05) is 12.1 Å². The molecule has 0 amide bonds. The molecule has 2 rings (SSSR count). The van der Waals surface area contributed by atoms with E-state index in [4.69, 9.17) is 9.47 Å². The maximum absolute atomic E-state index is 13.7. The lowest BCUT2D eigenvalue weighted by molar-refractivity contribution is 0.279. The lowest BCUT2D eigenvalue weighted by atomic mass is 10.2. The second kappa shape index (κ2) is 8.89. The highest BCUT2D eigenvalue weighted by molar-refractivity contribution is 9.10. The Kier molecular flexibility index (Phi) is 6.86. The molecule has 0 aromatic heterocycles. The normalized spacial score (nSPS) is 10.6. The Morgan fingerprint density at radius 3 is 2.61 bits per heavy atom. The van der Waals surface area contributed by atoms with Crippen molar-refractivity contribution in [3.05, 3.63) is 57.8 Å². The molecule has 124 valence electrons. The number of rotatable bonds is 8. The van der Waals surface area contributed by atoms with E-state index in [1.165, 1.54) is 6.07 Å². The molecule has 5 heteroatoms. The van der Waals surface area contributed by atoms with E-state index in [2.05, 4.69) is 28.2 Å². The lowest BCUT2D eigenvalue weighted by Crippen LogP contribution is -2.14. The molecule has 0 saturated heterocycles. The number of hydrogen-bond acceptors (Lipinski definition) is 3. The molecular weight excluding hydrogens is 361 g/mol. The molecule has 0 saturated carbocycles. The number of benzene rings is 2. The van der Waals surface area contributed by atoms with E-state index in [9.17, 15) is 4.39 Å². The summed E-state index contributed by atoms with van der Waals surface area (Å²) in [6.07, 6.45) is 1.08. The van der Waals surface area contributed by atoms with Crippen molar-refractivity contribution in [2.75, 3.05) is 13.7 Å². The minimum atomic E-state index is -0.272. The first-order valence-electron chi connectivity index (χ1n) is 7.59. The minimum Gasteiger partial charge on any atom is -0.493 e. The molecular formula is C18H21BrFNO2. The highest BCUT2D eigenvalue weighted by Gasteiger charge is 2.11. The second-order valence-corrected chi connectivity index (χ2v) is 6.01. The van der Waals surface area contributed by atoms with E-state index in [1.54, 1.807) is 25.3 Å². The summed E-state index contributed by atoms with van der Waals surface area (Å²) >= 11 is 3.55. The van der Waals surface area contributed by atoms with Crippen molar-refractivity contribution in [1.29, 1.82) is 0 Å². The van der Waals surface area contributed by atoms with Gasteiger partial charge in [-0.3, -0.25) is 0 Å². The van der Waals surface area contributed by atoms with Gasteiger partial charge in [0.2, 0.25) is 0 Å². The molecule has 0 fully saturated rings. The molecule has 2 aromatic carbocycles. The Balaban J connectivity index is 2.12. The molecule has 2 aromatic rings. The third kappa shape index (κ3) is 4.94. The van der Waals surface area contributed by atoms with Gasteiger partial charge in [0, 0.05) is 16.6 Å². The van der Waals surface area contributed by atoms with Crippen molar-refractivity contribution in [2.45, 2.75) is 26.5 Å². The first kappa shape index (κ1) is 17.8. The van der Waals surface area contributed by atoms with Gasteiger partial charge in [-0.2, -0.15) is 0 Å². The van der Waals surface area contributed by atoms with Crippen LogP contribution < -0.4 is 14.8 Å². The van der Waals surface area contributed by atoms with E-state index in [0.717, 1.165) is 29.5 Å². The number of ether oxygens (including phenoxy) is 2. The number of halogens is 2. The molecule has 0 spiro atoms. The van der Waals surface area contributed by atoms with Crippen molar-refractivity contribution >= 4 is 15.9 Å². The summed E-state index contributed by atoms with van der Waals surface area (Å²) < 4.78 is 25.7. The zero-order valence-corrected chi connectivity index (χ0v) is 15.0. The van der Waals surface area contributed by atoms with Crippen LogP contribution in [0.4, 0.5) is 4.39 Å². The molecule has 0 aliphatic carbocycles. The van der Waals surface area contributed by atoms with Crippen LogP contribution in [0, 0.1) is 5.82 Å². The maximum Gasteiger partial charge on any atom is 0.162 e. The minimum absolute atomic E-state index is 0.156. The summed E-state index contributed by atoms with van der Waals surface area (Å²) in [6.45, 7) is 3.99. The number of hydrogen-bond donors (Lipinski definition) is 1. The molecule has 0 radical (unpaired) electrons. The average molecular weight is 382 g/mol. The van der Waals surface area contributed by atoms with Crippen molar-refractivity contribution in [2.24, 2.45) is 0 Å². The standard InChI is InChI=1S/C18H21BrFNO2/c1-3-8-21-11-14-9-17(22-2)18(10-15(14)19)23-12-13-6-4-5-7-16(13)20/h4-7,9-10,21H,3,8,11-12H2,1-2H3. The fourth-order valence-electron chi connectivity index (χ4n) is 2.16. The van der Waals surface area contributed by atoms with Gasteiger partial charge in [0.1, 0.15) is 12.4 Å². The van der Waals surface area contributed by atoms with Gasteiger partial charge in [0.15, 0.2) is 11.5 Å². The van der Waals surface area contributed by atoms with Gasteiger partial charge in [-0.1, -0.05) is 41.1 Å². The van der Waals surface area contributed by atoms with Gasteiger partial charge in [0.25, 0.3) is 0 Å². The lowest BCUT2D eigenvalue weighted by Gasteiger charge is -2.14. The summed E-state index contributed by atoms with van der Waals surface area (Å²) in [6, 6.07) is 10.4. The largest absolute Gasteiger partial charge is 0.493 e. The molecule has 0 bridgehead atoms. The van der Waals surface area contributed by atoms with Gasteiger partial charge < -0.3 is 14.8 Å². The van der Waals surface area contributed by atoms with E-state index in [-0.39, 0.29) is 12.4 Å². The molecule has 0 heterocycles. The molecule has 23 heavy (non-hydrogen) atoms. The summed E-state index contributed by atoms with van der Waals surface area (Å²) in [5.41, 5.74) is 1.60. The molecule has 1 N–H and O–H groups in total. The van der Waals surface area contributed by atoms with E-state index >= 15 is 0 Å². The highest BCUT2D eigenvalue weighted by atomic mass is 79.9. The summed E-state index contributed by atoms with van der Waals surface area (Å²) in [5.74, 6) is 0.950. The Morgan fingerprint density at radius 1 is 1.13 bits per heavy atom. The second-order valence-electron chi connectivity index (χ2n) is 5.15. The van der Waals surface area contributed by atoms with Gasteiger partial charge in [0.05, 0.1) is 7.11 Å². The summed E-state index contributed by atoms with van der Waals surface area (Å²) in [5, 5.41) is 3.35. The third-order valence-electron chi connectivity index (χ3n) is 3.42. The van der Waals surface area contributed by atoms with Gasteiger partial charge in [-0.25, -0.2) is 4.39 Å². The Morgan fingerprint density at radius 2 is 1.91 bits per heavy atom. The van der Waals surface area contributed by atoms with Crippen molar-refractivity contribution < 1.29 is 13.9 Å². The zero-order chi connectivity index (χ0) is 16.7. The topological polar surface area (TPSA) is 30.5 Å². The molecule has 0 aliphatic rings. The van der Waals surface area contributed by atoms with Crippen LogP contribution in [0.3, 0.4) is 0 Å². The maximum atomic E-state index is 13.7. The van der Waals surface area contributed by atoms with E-state index < -0.39 is 0 Å². The van der Waals surface area contributed by atoms with Gasteiger partial charge >= 0.3 is 0 Å². The quantitative estimate of drug-likeness (QED) is 0.673. The van der Waals surface area contributed by atoms with Crippen LogP contribution in [0.2, 0.25) is 0 Å². The van der Waals surface area contributed by atoms with Crippen LogP contribution in [0.15, 0.2) is 40.9 Å². The molecule has 0 atom stereocenters.